The second kappa shape index (κ2) is 7.37. The molecule has 3 aromatic heterocycles. The van der Waals surface area contributed by atoms with E-state index in [1.54, 1.807) is 0 Å². The normalized spacial score (nSPS) is 11.6. The Hall–Kier alpha value is -3.54. The maximum atomic E-state index is 4.91. The van der Waals surface area contributed by atoms with Crippen LogP contribution in [0.2, 0.25) is 0 Å². The highest BCUT2D eigenvalue weighted by Crippen LogP contribution is 2.27. The molecule has 0 atom stereocenters. The Morgan fingerprint density at radius 1 is 0.900 bits per heavy atom. The van der Waals surface area contributed by atoms with Crippen molar-refractivity contribution in [3.8, 4) is 5.95 Å². The van der Waals surface area contributed by atoms with Gasteiger partial charge in [-0.1, -0.05) is 55.5 Å². The molecule has 0 unspecified atom stereocenters. The van der Waals surface area contributed by atoms with Crippen LogP contribution in [-0.4, -0.2) is 29.5 Å². The highest BCUT2D eigenvalue weighted by molar-refractivity contribution is 6.04. The van der Waals surface area contributed by atoms with Crippen molar-refractivity contribution in [2.45, 2.75) is 40.2 Å². The molecule has 5 rings (SSSR count). The second-order valence-corrected chi connectivity index (χ2v) is 7.68. The Morgan fingerprint density at radius 2 is 1.67 bits per heavy atom. The van der Waals surface area contributed by atoms with E-state index in [0.717, 1.165) is 52.8 Å². The first-order valence-electron chi connectivity index (χ1n) is 10.4. The summed E-state index contributed by atoms with van der Waals surface area (Å²) in [5.41, 5.74) is 7.37. The molecule has 0 saturated heterocycles. The van der Waals surface area contributed by atoms with Crippen LogP contribution < -0.4 is 0 Å². The van der Waals surface area contributed by atoms with Gasteiger partial charge in [0, 0.05) is 29.6 Å². The Bertz CT molecular complexity index is 1350. The molecule has 2 aromatic carbocycles. The van der Waals surface area contributed by atoms with E-state index in [2.05, 4.69) is 71.1 Å². The zero-order valence-electron chi connectivity index (χ0n) is 17.5. The number of para-hydroxylation sites is 1. The molecule has 0 aliphatic rings. The lowest BCUT2D eigenvalue weighted by Crippen LogP contribution is -2.08. The van der Waals surface area contributed by atoms with Crippen molar-refractivity contribution < 1.29 is 0 Å². The van der Waals surface area contributed by atoms with Crippen molar-refractivity contribution >= 4 is 22.1 Å². The van der Waals surface area contributed by atoms with Gasteiger partial charge in [0.25, 0.3) is 5.95 Å². The number of fused-ring (bicyclic) bond motifs is 3. The van der Waals surface area contributed by atoms with E-state index in [4.69, 9.17) is 10.1 Å². The van der Waals surface area contributed by atoms with Crippen LogP contribution in [-0.2, 0) is 13.0 Å². The fourth-order valence-electron chi connectivity index (χ4n) is 4.16. The van der Waals surface area contributed by atoms with Crippen molar-refractivity contribution in [1.29, 1.82) is 0 Å². The minimum Gasteiger partial charge on any atom is -0.324 e. The molecule has 0 amide bonds. The van der Waals surface area contributed by atoms with Crippen LogP contribution in [0.5, 0.6) is 0 Å². The molecule has 0 bridgehead atoms. The van der Waals surface area contributed by atoms with Gasteiger partial charge in [-0.25, -0.2) is 4.68 Å². The van der Waals surface area contributed by atoms with Crippen molar-refractivity contribution in [2.75, 3.05) is 0 Å². The summed E-state index contributed by atoms with van der Waals surface area (Å²) in [6, 6.07) is 18.7. The molecule has 6 heteroatoms. The molecule has 6 nitrogen and oxygen atoms in total. The molecule has 30 heavy (non-hydrogen) atoms. The van der Waals surface area contributed by atoms with Gasteiger partial charge in [0.1, 0.15) is 5.52 Å². The number of rotatable bonds is 5. The third-order valence-corrected chi connectivity index (χ3v) is 5.66. The molecule has 0 aliphatic heterocycles. The highest BCUT2D eigenvalue weighted by Gasteiger charge is 2.18. The minimum absolute atomic E-state index is 0.516. The van der Waals surface area contributed by atoms with Gasteiger partial charge in [-0.05, 0) is 31.9 Å². The van der Waals surface area contributed by atoms with Gasteiger partial charge in [-0.15, -0.1) is 10.2 Å². The van der Waals surface area contributed by atoms with Crippen molar-refractivity contribution in [1.82, 2.24) is 29.5 Å². The van der Waals surface area contributed by atoms with Crippen LogP contribution in [0, 0.1) is 13.8 Å². The average Bonchev–Trinajstić information content (AvgIpc) is 3.24. The molecule has 0 spiro atoms. The summed E-state index contributed by atoms with van der Waals surface area (Å²) in [7, 11) is 0. The molecule has 3 heterocycles. The maximum Gasteiger partial charge on any atom is 0.272 e. The topological polar surface area (TPSA) is 61.4 Å². The largest absolute Gasteiger partial charge is 0.324 e. The fourth-order valence-corrected chi connectivity index (χ4v) is 4.16. The van der Waals surface area contributed by atoms with E-state index in [9.17, 15) is 0 Å². The summed E-state index contributed by atoms with van der Waals surface area (Å²) >= 11 is 0. The number of aromatic nitrogens is 6. The van der Waals surface area contributed by atoms with E-state index in [1.165, 1.54) is 11.1 Å². The second-order valence-electron chi connectivity index (χ2n) is 7.68. The third kappa shape index (κ3) is 2.96. The fraction of sp³-hybridized carbons (Fsp3) is 0.250. The van der Waals surface area contributed by atoms with Crippen molar-refractivity contribution in [2.24, 2.45) is 0 Å². The summed E-state index contributed by atoms with van der Waals surface area (Å²) in [5.74, 6) is 0.516. The summed E-state index contributed by atoms with van der Waals surface area (Å²) < 4.78 is 4.06. The Morgan fingerprint density at radius 3 is 2.47 bits per heavy atom. The first-order valence-corrected chi connectivity index (χ1v) is 10.4. The summed E-state index contributed by atoms with van der Waals surface area (Å²) in [4.78, 5) is 4.91. The van der Waals surface area contributed by atoms with E-state index in [0.29, 0.717) is 5.95 Å². The smallest absolute Gasteiger partial charge is 0.272 e. The lowest BCUT2D eigenvalue weighted by Gasteiger charge is -2.06. The zero-order valence-corrected chi connectivity index (χ0v) is 17.5. The van der Waals surface area contributed by atoms with Crippen LogP contribution in [0.15, 0.2) is 54.6 Å². The Kier molecular flexibility index (Phi) is 4.54. The quantitative estimate of drug-likeness (QED) is 0.429. The van der Waals surface area contributed by atoms with Gasteiger partial charge in [0.05, 0.1) is 11.2 Å². The number of aryl methyl sites for hydroxylation is 2. The van der Waals surface area contributed by atoms with Gasteiger partial charge in [-0.3, -0.25) is 0 Å². The van der Waals surface area contributed by atoms with Crippen LogP contribution >= 0.6 is 0 Å². The van der Waals surface area contributed by atoms with Gasteiger partial charge >= 0.3 is 0 Å². The van der Waals surface area contributed by atoms with E-state index < -0.39 is 0 Å². The predicted molar refractivity (Wildman–Crippen MR) is 119 cm³/mol. The lowest BCUT2D eigenvalue weighted by molar-refractivity contribution is 0.705. The number of hydrogen-bond acceptors (Lipinski definition) is 4. The molecule has 0 aliphatic carbocycles. The van der Waals surface area contributed by atoms with Crippen LogP contribution in [0.4, 0.5) is 0 Å². The Balaban J connectivity index is 1.64. The molecule has 5 aromatic rings. The maximum absolute atomic E-state index is 4.91. The van der Waals surface area contributed by atoms with Gasteiger partial charge in [-0.2, -0.15) is 10.1 Å². The molecule has 0 fully saturated rings. The summed E-state index contributed by atoms with van der Waals surface area (Å²) in [5, 5.41) is 14.9. The number of nitrogens with zero attached hydrogens (tertiary/aromatic N) is 6. The standard InChI is InChI=1S/C24H24N6/c1-4-14-29-21-13-9-8-12-19(21)22-23(29)25-24(27-26-22)30-17(3)20(16(2)28-30)15-18-10-6-5-7-11-18/h5-13H,4,14-15H2,1-3H3. The Labute approximate surface area is 175 Å². The minimum atomic E-state index is 0.516. The number of benzene rings is 2. The first-order chi connectivity index (χ1) is 14.7. The molecule has 0 saturated carbocycles. The van der Waals surface area contributed by atoms with Crippen LogP contribution in [0.1, 0.15) is 35.9 Å². The lowest BCUT2D eigenvalue weighted by atomic mass is 10.0. The van der Waals surface area contributed by atoms with E-state index in [-0.39, 0.29) is 0 Å². The molecular formula is C24H24N6. The highest BCUT2D eigenvalue weighted by atomic mass is 15.4. The third-order valence-electron chi connectivity index (χ3n) is 5.66. The molecule has 0 N–H and O–H groups in total. The van der Waals surface area contributed by atoms with Crippen molar-refractivity contribution in [3.05, 3.63) is 77.1 Å². The molecule has 150 valence electrons. The predicted octanol–water partition coefficient (Wildman–Crippen LogP) is 4.78. The van der Waals surface area contributed by atoms with Crippen LogP contribution in [0.3, 0.4) is 0 Å². The van der Waals surface area contributed by atoms with Gasteiger partial charge in [0.15, 0.2) is 5.65 Å². The summed E-state index contributed by atoms with van der Waals surface area (Å²) in [6.45, 7) is 7.18. The monoisotopic (exact) mass is 396 g/mol. The van der Waals surface area contributed by atoms with Gasteiger partial charge in [0.2, 0.25) is 0 Å². The molecule has 0 radical (unpaired) electrons. The summed E-state index contributed by atoms with van der Waals surface area (Å²) in [6.07, 6.45) is 1.86. The van der Waals surface area contributed by atoms with E-state index >= 15 is 0 Å². The first kappa shape index (κ1) is 18.5. The SMILES string of the molecule is CCCn1c2ccccc2c2nnc(-n3nc(C)c(Cc4ccccc4)c3C)nc21. The molecular weight excluding hydrogens is 372 g/mol. The number of hydrogen-bond donors (Lipinski definition) is 0. The van der Waals surface area contributed by atoms with Crippen molar-refractivity contribution in [3.63, 3.8) is 0 Å². The van der Waals surface area contributed by atoms with Crippen LogP contribution in [0.25, 0.3) is 28.0 Å². The average molecular weight is 396 g/mol. The zero-order chi connectivity index (χ0) is 20.7. The van der Waals surface area contributed by atoms with E-state index in [1.807, 2.05) is 23.7 Å². The van der Waals surface area contributed by atoms with Gasteiger partial charge < -0.3 is 4.57 Å².